The number of anilines is 1. The average Bonchev–Trinajstić information content (AvgIpc) is 3.58. The molecule has 10 heteroatoms. The van der Waals surface area contributed by atoms with Crippen LogP contribution >= 0.6 is 0 Å². The Morgan fingerprint density at radius 1 is 1.06 bits per heavy atom. The van der Waals surface area contributed by atoms with Crippen molar-refractivity contribution in [1.29, 1.82) is 0 Å². The molecule has 0 unspecified atom stereocenters. The van der Waals surface area contributed by atoms with E-state index in [-0.39, 0.29) is 6.03 Å². The summed E-state index contributed by atoms with van der Waals surface area (Å²) < 4.78 is 7.07. The molecule has 3 aromatic heterocycles. The van der Waals surface area contributed by atoms with Gasteiger partial charge in [0, 0.05) is 56.8 Å². The Labute approximate surface area is 203 Å². The van der Waals surface area contributed by atoms with E-state index >= 15 is 0 Å². The lowest BCUT2D eigenvalue weighted by Gasteiger charge is -2.34. The van der Waals surface area contributed by atoms with Gasteiger partial charge in [0.2, 0.25) is 11.7 Å². The Morgan fingerprint density at radius 2 is 1.89 bits per heavy atom. The van der Waals surface area contributed by atoms with Crippen molar-refractivity contribution in [3.8, 4) is 17.2 Å². The molecule has 10 nitrogen and oxygen atoms in total. The fourth-order valence-corrected chi connectivity index (χ4v) is 4.07. The van der Waals surface area contributed by atoms with Gasteiger partial charge < -0.3 is 14.7 Å². The molecule has 180 valence electrons. The number of rotatable bonds is 7. The summed E-state index contributed by atoms with van der Waals surface area (Å²) in [6.07, 6.45) is 6.82. The van der Waals surface area contributed by atoms with E-state index in [4.69, 9.17) is 4.52 Å². The van der Waals surface area contributed by atoms with Crippen molar-refractivity contribution < 1.29 is 9.32 Å². The second kappa shape index (κ2) is 10.5. The number of pyridine rings is 1. The average molecular weight is 473 g/mol. The summed E-state index contributed by atoms with van der Waals surface area (Å²) in [5.41, 5.74) is 2.79. The van der Waals surface area contributed by atoms with Crippen LogP contribution in [0.15, 0.2) is 65.6 Å². The molecule has 5 rings (SSSR count). The Kier molecular flexibility index (Phi) is 6.80. The Morgan fingerprint density at radius 3 is 2.66 bits per heavy atom. The van der Waals surface area contributed by atoms with Crippen molar-refractivity contribution in [3.63, 3.8) is 0 Å². The lowest BCUT2D eigenvalue weighted by molar-refractivity contribution is 0.146. The number of carbonyl (C=O) groups is 1. The monoisotopic (exact) mass is 472 g/mol. The van der Waals surface area contributed by atoms with Gasteiger partial charge in [0.15, 0.2) is 5.82 Å². The van der Waals surface area contributed by atoms with E-state index in [1.807, 2.05) is 41.3 Å². The molecule has 1 saturated heterocycles. The highest BCUT2D eigenvalue weighted by Gasteiger charge is 2.22. The van der Waals surface area contributed by atoms with E-state index in [0.29, 0.717) is 36.3 Å². The summed E-state index contributed by atoms with van der Waals surface area (Å²) in [5, 5.41) is 11.3. The van der Waals surface area contributed by atoms with Crippen molar-refractivity contribution in [3.05, 3.63) is 72.5 Å². The number of carbonyl (C=O) groups excluding carboxylic acids is 1. The minimum Gasteiger partial charge on any atom is -0.339 e. The Balaban J connectivity index is 1.07. The molecular weight excluding hydrogens is 444 g/mol. The van der Waals surface area contributed by atoms with Gasteiger partial charge in [-0.15, -0.1) is 0 Å². The van der Waals surface area contributed by atoms with Gasteiger partial charge in [-0.3, -0.25) is 4.90 Å². The smallest absolute Gasteiger partial charge is 0.322 e. The molecule has 35 heavy (non-hydrogen) atoms. The zero-order valence-corrected chi connectivity index (χ0v) is 19.7. The Hall–Kier alpha value is -4.05. The quantitative estimate of drug-likeness (QED) is 0.439. The minimum atomic E-state index is -0.124. The SMILES string of the molecule is Cc1ccc(-c2noc(CCCN3CCN(C(=O)Nc4cccnc4-n4cccn4)CC3)n2)cc1. The van der Waals surface area contributed by atoms with Gasteiger partial charge in [-0.25, -0.2) is 14.5 Å². The second-order valence-electron chi connectivity index (χ2n) is 8.57. The van der Waals surface area contributed by atoms with Crippen molar-refractivity contribution >= 4 is 11.7 Å². The van der Waals surface area contributed by atoms with Gasteiger partial charge in [0.1, 0.15) is 0 Å². The van der Waals surface area contributed by atoms with Crippen LogP contribution in [0.25, 0.3) is 17.2 Å². The number of aryl methyl sites for hydroxylation is 2. The number of hydrogen-bond acceptors (Lipinski definition) is 7. The first-order chi connectivity index (χ1) is 17.2. The highest BCUT2D eigenvalue weighted by atomic mass is 16.5. The van der Waals surface area contributed by atoms with Crippen LogP contribution in [-0.4, -0.2) is 73.5 Å². The number of piperazine rings is 1. The van der Waals surface area contributed by atoms with Crippen molar-refractivity contribution in [2.24, 2.45) is 0 Å². The number of hydrogen-bond donors (Lipinski definition) is 1. The molecule has 0 bridgehead atoms. The molecule has 0 saturated carbocycles. The normalized spacial score (nSPS) is 14.3. The molecule has 1 aromatic carbocycles. The van der Waals surface area contributed by atoms with Gasteiger partial charge in [-0.1, -0.05) is 35.0 Å². The zero-order chi connectivity index (χ0) is 24.0. The van der Waals surface area contributed by atoms with Crippen LogP contribution in [0.4, 0.5) is 10.5 Å². The molecule has 1 aliphatic rings. The Bertz CT molecular complexity index is 1240. The third kappa shape index (κ3) is 5.55. The molecule has 0 radical (unpaired) electrons. The number of nitrogens with zero attached hydrogens (tertiary/aromatic N) is 7. The predicted octanol–water partition coefficient (Wildman–Crippen LogP) is 3.41. The number of amides is 2. The lowest BCUT2D eigenvalue weighted by atomic mass is 10.1. The predicted molar refractivity (Wildman–Crippen MR) is 131 cm³/mol. The van der Waals surface area contributed by atoms with Gasteiger partial charge in [-0.05, 0) is 38.1 Å². The van der Waals surface area contributed by atoms with Gasteiger partial charge in [0.25, 0.3) is 0 Å². The van der Waals surface area contributed by atoms with Crippen LogP contribution < -0.4 is 5.32 Å². The highest BCUT2D eigenvalue weighted by Crippen LogP contribution is 2.18. The summed E-state index contributed by atoms with van der Waals surface area (Å²) in [6, 6.07) is 13.4. The molecule has 1 aliphatic heterocycles. The van der Waals surface area contributed by atoms with E-state index in [1.54, 1.807) is 29.3 Å². The number of aromatic nitrogens is 5. The van der Waals surface area contributed by atoms with Crippen LogP contribution in [0.1, 0.15) is 17.9 Å². The largest absolute Gasteiger partial charge is 0.339 e. The topological polar surface area (TPSA) is 105 Å². The zero-order valence-electron chi connectivity index (χ0n) is 19.7. The molecular formula is C25H28N8O2. The summed E-state index contributed by atoms with van der Waals surface area (Å²) in [5.74, 6) is 1.88. The molecule has 1 fully saturated rings. The minimum absolute atomic E-state index is 0.124. The maximum Gasteiger partial charge on any atom is 0.322 e. The van der Waals surface area contributed by atoms with Crippen molar-refractivity contribution in [1.82, 2.24) is 34.7 Å². The maximum atomic E-state index is 12.8. The second-order valence-corrected chi connectivity index (χ2v) is 8.57. The van der Waals surface area contributed by atoms with Crippen LogP contribution in [0, 0.1) is 6.92 Å². The van der Waals surface area contributed by atoms with E-state index in [2.05, 4.69) is 37.4 Å². The van der Waals surface area contributed by atoms with E-state index in [0.717, 1.165) is 38.0 Å². The summed E-state index contributed by atoms with van der Waals surface area (Å²) >= 11 is 0. The molecule has 0 aliphatic carbocycles. The third-order valence-corrected chi connectivity index (χ3v) is 6.05. The standard InChI is InChI=1S/C25H28N8O2/c1-19-7-9-20(10-8-19)23-29-22(35-30-23)6-3-13-31-15-17-32(18-16-31)25(34)28-21-5-2-11-26-24(21)33-14-4-12-27-33/h2,4-5,7-12,14H,3,6,13,15-18H2,1H3,(H,28,34). The number of urea groups is 1. The van der Waals surface area contributed by atoms with Gasteiger partial charge in [-0.2, -0.15) is 10.1 Å². The first kappa shape index (κ1) is 22.7. The van der Waals surface area contributed by atoms with Crippen LogP contribution in [0.5, 0.6) is 0 Å². The number of benzene rings is 1. The van der Waals surface area contributed by atoms with E-state index < -0.39 is 0 Å². The van der Waals surface area contributed by atoms with Crippen LogP contribution in [0.2, 0.25) is 0 Å². The van der Waals surface area contributed by atoms with Gasteiger partial charge in [0.05, 0.1) is 5.69 Å². The molecule has 0 spiro atoms. The summed E-state index contributed by atoms with van der Waals surface area (Å²) in [6.45, 7) is 5.96. The fraction of sp³-hybridized carbons (Fsp3) is 0.320. The molecule has 2 amide bonds. The van der Waals surface area contributed by atoms with Gasteiger partial charge >= 0.3 is 6.03 Å². The first-order valence-corrected chi connectivity index (χ1v) is 11.8. The molecule has 4 heterocycles. The van der Waals surface area contributed by atoms with Crippen LogP contribution in [-0.2, 0) is 6.42 Å². The van der Waals surface area contributed by atoms with Crippen molar-refractivity contribution in [2.75, 3.05) is 38.0 Å². The third-order valence-electron chi connectivity index (χ3n) is 6.05. The summed E-state index contributed by atoms with van der Waals surface area (Å²) in [4.78, 5) is 25.9. The molecule has 0 atom stereocenters. The maximum absolute atomic E-state index is 12.8. The first-order valence-electron chi connectivity index (χ1n) is 11.8. The van der Waals surface area contributed by atoms with E-state index in [1.165, 1.54) is 5.56 Å². The molecule has 4 aromatic rings. The fourth-order valence-electron chi connectivity index (χ4n) is 4.07. The van der Waals surface area contributed by atoms with E-state index in [9.17, 15) is 4.79 Å². The van der Waals surface area contributed by atoms with Crippen LogP contribution in [0.3, 0.4) is 0 Å². The summed E-state index contributed by atoms with van der Waals surface area (Å²) in [7, 11) is 0. The highest BCUT2D eigenvalue weighted by molar-refractivity contribution is 5.91. The number of nitrogens with one attached hydrogen (secondary N) is 1. The molecule has 1 N–H and O–H groups in total. The lowest BCUT2D eigenvalue weighted by Crippen LogP contribution is -2.50. The van der Waals surface area contributed by atoms with Crippen molar-refractivity contribution in [2.45, 2.75) is 19.8 Å².